The standard InChI is InChI=1S/C12H20O/c1-2-11-8-5-7-10-6-3-4-9-12(10)13-11/h2,10-12H,1,3-9H2/t10-,11+,12+/m0/s1. The minimum absolute atomic E-state index is 0.341. The van der Waals surface area contributed by atoms with Crippen molar-refractivity contribution in [1.29, 1.82) is 0 Å². The molecule has 1 aliphatic carbocycles. The van der Waals surface area contributed by atoms with Crippen LogP contribution in [0.15, 0.2) is 12.7 Å². The first kappa shape index (κ1) is 9.26. The van der Waals surface area contributed by atoms with Gasteiger partial charge in [0.15, 0.2) is 0 Å². The van der Waals surface area contributed by atoms with E-state index in [0.717, 1.165) is 5.92 Å². The van der Waals surface area contributed by atoms with E-state index in [-0.39, 0.29) is 0 Å². The van der Waals surface area contributed by atoms with Gasteiger partial charge in [0.25, 0.3) is 0 Å². The molecular formula is C12H20O. The first-order valence-electron chi connectivity index (χ1n) is 5.68. The summed E-state index contributed by atoms with van der Waals surface area (Å²) in [4.78, 5) is 0. The summed E-state index contributed by atoms with van der Waals surface area (Å²) in [5.41, 5.74) is 0. The van der Waals surface area contributed by atoms with E-state index in [1.165, 1.54) is 44.9 Å². The molecule has 0 radical (unpaired) electrons. The Morgan fingerprint density at radius 1 is 1.00 bits per heavy atom. The van der Waals surface area contributed by atoms with Crippen LogP contribution in [-0.2, 0) is 4.74 Å². The van der Waals surface area contributed by atoms with Crippen molar-refractivity contribution < 1.29 is 4.74 Å². The fourth-order valence-corrected chi connectivity index (χ4v) is 2.73. The average Bonchev–Trinajstić information content (AvgIpc) is 2.38. The van der Waals surface area contributed by atoms with E-state index in [4.69, 9.17) is 4.74 Å². The van der Waals surface area contributed by atoms with Gasteiger partial charge in [0.2, 0.25) is 0 Å². The van der Waals surface area contributed by atoms with Crippen LogP contribution >= 0.6 is 0 Å². The molecule has 2 aliphatic rings. The highest BCUT2D eigenvalue weighted by atomic mass is 16.5. The molecule has 0 aromatic carbocycles. The van der Waals surface area contributed by atoms with Crippen LogP contribution in [0, 0.1) is 5.92 Å². The molecule has 0 amide bonds. The van der Waals surface area contributed by atoms with Gasteiger partial charge in [-0.3, -0.25) is 0 Å². The van der Waals surface area contributed by atoms with Gasteiger partial charge in [0, 0.05) is 0 Å². The summed E-state index contributed by atoms with van der Waals surface area (Å²) in [6.45, 7) is 3.84. The van der Waals surface area contributed by atoms with Crippen molar-refractivity contribution >= 4 is 0 Å². The number of hydrogen-bond donors (Lipinski definition) is 0. The second kappa shape index (κ2) is 4.28. The van der Waals surface area contributed by atoms with Gasteiger partial charge in [0.05, 0.1) is 12.2 Å². The zero-order valence-electron chi connectivity index (χ0n) is 8.37. The van der Waals surface area contributed by atoms with Gasteiger partial charge < -0.3 is 4.74 Å². The Morgan fingerprint density at radius 2 is 1.77 bits per heavy atom. The predicted octanol–water partition coefficient (Wildman–Crippen LogP) is 3.30. The Bertz CT molecular complexity index is 176. The van der Waals surface area contributed by atoms with Crippen molar-refractivity contribution in [3.63, 3.8) is 0 Å². The smallest absolute Gasteiger partial charge is 0.0757 e. The lowest BCUT2D eigenvalue weighted by Crippen LogP contribution is -2.28. The Morgan fingerprint density at radius 3 is 2.62 bits per heavy atom. The van der Waals surface area contributed by atoms with Crippen molar-refractivity contribution in [2.24, 2.45) is 5.92 Å². The maximum absolute atomic E-state index is 6.05. The van der Waals surface area contributed by atoms with Crippen LogP contribution in [0.3, 0.4) is 0 Å². The molecule has 1 aliphatic heterocycles. The third-order valence-electron chi connectivity index (χ3n) is 3.52. The van der Waals surface area contributed by atoms with Crippen molar-refractivity contribution in [1.82, 2.24) is 0 Å². The van der Waals surface area contributed by atoms with Gasteiger partial charge in [-0.25, -0.2) is 0 Å². The number of fused-ring (bicyclic) bond motifs is 1. The van der Waals surface area contributed by atoms with Crippen molar-refractivity contribution in [2.75, 3.05) is 0 Å². The fraction of sp³-hybridized carbons (Fsp3) is 0.833. The zero-order valence-corrected chi connectivity index (χ0v) is 8.37. The Hall–Kier alpha value is -0.300. The summed E-state index contributed by atoms with van der Waals surface area (Å²) in [6, 6.07) is 0. The molecule has 0 bridgehead atoms. The summed E-state index contributed by atoms with van der Waals surface area (Å²) in [6.07, 6.45) is 12.3. The van der Waals surface area contributed by atoms with Crippen LogP contribution in [-0.4, -0.2) is 12.2 Å². The molecule has 0 unspecified atom stereocenters. The van der Waals surface area contributed by atoms with E-state index in [1.54, 1.807) is 0 Å². The highest BCUT2D eigenvalue weighted by Crippen LogP contribution is 2.34. The van der Waals surface area contributed by atoms with E-state index in [9.17, 15) is 0 Å². The first-order valence-corrected chi connectivity index (χ1v) is 5.68. The summed E-state index contributed by atoms with van der Waals surface area (Å²) >= 11 is 0. The topological polar surface area (TPSA) is 9.23 Å². The molecule has 13 heavy (non-hydrogen) atoms. The van der Waals surface area contributed by atoms with Crippen molar-refractivity contribution in [2.45, 2.75) is 57.2 Å². The zero-order chi connectivity index (χ0) is 9.10. The summed E-state index contributed by atoms with van der Waals surface area (Å²) in [7, 11) is 0. The van der Waals surface area contributed by atoms with Crippen LogP contribution in [0.5, 0.6) is 0 Å². The maximum atomic E-state index is 6.05. The fourth-order valence-electron chi connectivity index (χ4n) is 2.73. The van der Waals surface area contributed by atoms with Crippen LogP contribution in [0.2, 0.25) is 0 Å². The van der Waals surface area contributed by atoms with Crippen LogP contribution in [0.4, 0.5) is 0 Å². The predicted molar refractivity (Wildman–Crippen MR) is 54.7 cm³/mol. The van der Waals surface area contributed by atoms with Gasteiger partial charge in [-0.05, 0) is 31.6 Å². The number of hydrogen-bond acceptors (Lipinski definition) is 1. The third kappa shape index (κ3) is 2.14. The Kier molecular flexibility index (Phi) is 3.05. The lowest BCUT2D eigenvalue weighted by atomic mass is 9.84. The van der Waals surface area contributed by atoms with Crippen LogP contribution in [0.1, 0.15) is 44.9 Å². The SMILES string of the molecule is C=C[C@@H]1CCC[C@@H]2CCCC[C@H]2O1. The second-order valence-corrected chi connectivity index (χ2v) is 4.42. The largest absolute Gasteiger partial charge is 0.371 e. The molecule has 1 heterocycles. The first-order chi connectivity index (χ1) is 6.40. The molecule has 0 N–H and O–H groups in total. The highest BCUT2D eigenvalue weighted by Gasteiger charge is 2.29. The van der Waals surface area contributed by atoms with Gasteiger partial charge in [-0.2, -0.15) is 0 Å². The lowest BCUT2D eigenvalue weighted by Gasteiger charge is -2.30. The quantitative estimate of drug-likeness (QED) is 0.563. The normalized spacial score (nSPS) is 40.5. The van der Waals surface area contributed by atoms with Gasteiger partial charge >= 0.3 is 0 Å². The molecule has 3 atom stereocenters. The molecule has 1 saturated heterocycles. The molecule has 0 aromatic rings. The monoisotopic (exact) mass is 180 g/mol. The Labute approximate surface area is 81.2 Å². The average molecular weight is 180 g/mol. The lowest BCUT2D eigenvalue weighted by molar-refractivity contribution is -0.0287. The molecule has 1 nitrogen and oxygen atoms in total. The molecular weight excluding hydrogens is 160 g/mol. The van der Waals surface area contributed by atoms with E-state index in [2.05, 4.69) is 6.58 Å². The minimum atomic E-state index is 0.341. The van der Waals surface area contributed by atoms with Gasteiger partial charge in [-0.15, -0.1) is 6.58 Å². The molecule has 2 rings (SSSR count). The molecule has 74 valence electrons. The van der Waals surface area contributed by atoms with Gasteiger partial charge in [0.1, 0.15) is 0 Å². The minimum Gasteiger partial charge on any atom is -0.371 e. The van der Waals surface area contributed by atoms with E-state index < -0.39 is 0 Å². The van der Waals surface area contributed by atoms with Crippen LogP contribution in [0.25, 0.3) is 0 Å². The van der Waals surface area contributed by atoms with Crippen molar-refractivity contribution in [3.05, 3.63) is 12.7 Å². The van der Waals surface area contributed by atoms with Crippen molar-refractivity contribution in [3.8, 4) is 0 Å². The van der Waals surface area contributed by atoms with E-state index in [0.29, 0.717) is 12.2 Å². The maximum Gasteiger partial charge on any atom is 0.0757 e. The van der Waals surface area contributed by atoms with Gasteiger partial charge in [-0.1, -0.05) is 25.3 Å². The summed E-state index contributed by atoms with van der Waals surface area (Å²) in [5, 5.41) is 0. The molecule has 1 heteroatoms. The molecule has 1 saturated carbocycles. The number of ether oxygens (including phenoxy) is 1. The molecule has 0 aromatic heterocycles. The third-order valence-corrected chi connectivity index (χ3v) is 3.52. The summed E-state index contributed by atoms with van der Waals surface area (Å²) in [5.74, 6) is 0.860. The highest BCUT2D eigenvalue weighted by molar-refractivity contribution is 4.87. The second-order valence-electron chi connectivity index (χ2n) is 4.42. The summed E-state index contributed by atoms with van der Waals surface area (Å²) < 4.78 is 6.05. The van der Waals surface area contributed by atoms with Crippen LogP contribution < -0.4 is 0 Å². The molecule has 0 spiro atoms. The number of rotatable bonds is 1. The van der Waals surface area contributed by atoms with E-state index >= 15 is 0 Å². The van der Waals surface area contributed by atoms with E-state index in [1.807, 2.05) is 6.08 Å². The Balaban J connectivity index is 1.98. The molecule has 2 fully saturated rings.